The number of aryl methyl sites for hydroxylation is 1. The van der Waals surface area contributed by atoms with Gasteiger partial charge in [0.25, 0.3) is 11.6 Å². The molecule has 1 heterocycles. The van der Waals surface area contributed by atoms with Crippen LogP contribution in [-0.2, 0) is 13.0 Å². The van der Waals surface area contributed by atoms with Crippen LogP contribution in [0.15, 0.2) is 84.9 Å². The monoisotopic (exact) mass is 553 g/mol. The van der Waals surface area contributed by atoms with Gasteiger partial charge in [-0.3, -0.25) is 14.9 Å². The number of anilines is 1. The maximum absolute atomic E-state index is 15.7. The Hall–Kier alpha value is -5.05. The average molecular weight is 554 g/mol. The molecular weight excluding hydrogens is 525 g/mol. The summed E-state index contributed by atoms with van der Waals surface area (Å²) in [5, 5.41) is 23.4. The third-order valence-corrected chi connectivity index (χ3v) is 7.40. The number of nitro groups is 1. The third kappa shape index (κ3) is 5.79. The molecule has 0 saturated carbocycles. The van der Waals surface area contributed by atoms with E-state index in [1.807, 2.05) is 19.1 Å². The minimum Gasteiger partial charge on any atom is -0.478 e. The number of hydrogen-bond acceptors (Lipinski definition) is 5. The zero-order valence-corrected chi connectivity index (χ0v) is 22.3. The van der Waals surface area contributed by atoms with Crippen molar-refractivity contribution < 1.29 is 24.0 Å². The van der Waals surface area contributed by atoms with Gasteiger partial charge in [0, 0.05) is 47.6 Å². The summed E-state index contributed by atoms with van der Waals surface area (Å²) in [5.41, 5.74) is 4.22. The first-order valence-corrected chi connectivity index (χ1v) is 13.3. The molecule has 1 amide bonds. The fraction of sp³-hybridized carbons (Fsp3) is 0.188. The number of halogens is 1. The third-order valence-electron chi connectivity index (χ3n) is 7.40. The highest BCUT2D eigenvalue weighted by Crippen LogP contribution is 2.33. The molecule has 0 fully saturated rings. The number of carboxylic acid groups (broad SMARTS) is 1. The van der Waals surface area contributed by atoms with Gasteiger partial charge in [-0.15, -0.1) is 0 Å². The number of non-ortho nitro benzene ring substituents is 1. The second kappa shape index (κ2) is 11.6. The van der Waals surface area contributed by atoms with Crippen LogP contribution >= 0.6 is 0 Å². The molecule has 4 aromatic rings. The zero-order valence-electron chi connectivity index (χ0n) is 22.3. The Kier molecular flexibility index (Phi) is 7.78. The van der Waals surface area contributed by atoms with Crippen molar-refractivity contribution in [2.24, 2.45) is 0 Å². The highest BCUT2D eigenvalue weighted by molar-refractivity contribution is 5.96. The Labute approximate surface area is 236 Å². The molecule has 0 aromatic heterocycles. The Morgan fingerprint density at radius 2 is 1.76 bits per heavy atom. The summed E-state index contributed by atoms with van der Waals surface area (Å²) in [7, 11) is 0. The summed E-state index contributed by atoms with van der Waals surface area (Å²) in [6.07, 6.45) is 1.61. The van der Waals surface area contributed by atoms with E-state index in [1.54, 1.807) is 54.6 Å². The van der Waals surface area contributed by atoms with E-state index < -0.39 is 16.7 Å². The van der Waals surface area contributed by atoms with Crippen LogP contribution in [0.1, 0.15) is 56.8 Å². The quantitative estimate of drug-likeness (QED) is 0.189. The molecule has 5 rings (SSSR count). The standard InChI is InChI=1S/C32H28FN3O5/c1-20(21-11-14-25(15-12-21)36(40)41)34-31(37)23-13-16-29-22(18-23)7-5-17-35(29)19-24-6-4-10-27(30(24)33)26-8-2-3-9-28(26)32(38)39/h2-4,6,8-16,18,20H,5,7,17,19H2,1H3,(H,34,37)(H,38,39)/t20-/m0/s1. The Morgan fingerprint density at radius 3 is 2.49 bits per heavy atom. The largest absolute Gasteiger partial charge is 0.478 e. The van der Waals surface area contributed by atoms with Crippen LogP contribution in [0.3, 0.4) is 0 Å². The summed E-state index contributed by atoms with van der Waals surface area (Å²) < 4.78 is 15.7. The molecule has 0 unspecified atom stereocenters. The minimum atomic E-state index is -1.11. The van der Waals surface area contributed by atoms with E-state index in [4.69, 9.17) is 0 Å². The van der Waals surface area contributed by atoms with Gasteiger partial charge < -0.3 is 15.3 Å². The number of rotatable bonds is 8. The Balaban J connectivity index is 1.34. The molecule has 41 heavy (non-hydrogen) atoms. The van der Waals surface area contributed by atoms with Crippen molar-refractivity contribution in [3.63, 3.8) is 0 Å². The lowest BCUT2D eigenvalue weighted by Gasteiger charge is -2.32. The molecule has 0 saturated heterocycles. The number of nitro benzene ring substituents is 1. The maximum atomic E-state index is 15.7. The SMILES string of the molecule is C[C@H](NC(=O)c1ccc2c(c1)CCCN2Cc1cccc(-c2ccccc2C(=O)O)c1F)c1ccc([N+](=O)[O-])cc1. The number of fused-ring (bicyclic) bond motifs is 1. The molecule has 2 N–H and O–H groups in total. The highest BCUT2D eigenvalue weighted by Gasteiger charge is 2.22. The van der Waals surface area contributed by atoms with E-state index in [0.29, 0.717) is 29.8 Å². The number of benzene rings is 4. The summed E-state index contributed by atoms with van der Waals surface area (Å²) >= 11 is 0. The van der Waals surface area contributed by atoms with Crippen molar-refractivity contribution >= 4 is 23.3 Å². The normalized spacial score (nSPS) is 13.3. The average Bonchev–Trinajstić information content (AvgIpc) is 2.98. The van der Waals surface area contributed by atoms with Gasteiger partial charge in [-0.05, 0) is 60.7 Å². The van der Waals surface area contributed by atoms with Crippen LogP contribution in [-0.4, -0.2) is 28.5 Å². The van der Waals surface area contributed by atoms with Gasteiger partial charge in [0.2, 0.25) is 0 Å². The van der Waals surface area contributed by atoms with Crippen LogP contribution in [0.5, 0.6) is 0 Å². The van der Waals surface area contributed by atoms with E-state index in [9.17, 15) is 24.8 Å². The number of aromatic carboxylic acids is 1. The van der Waals surface area contributed by atoms with Crippen molar-refractivity contribution in [2.75, 3.05) is 11.4 Å². The molecule has 8 nitrogen and oxygen atoms in total. The Morgan fingerprint density at radius 1 is 1.02 bits per heavy atom. The van der Waals surface area contributed by atoms with E-state index in [-0.39, 0.29) is 28.8 Å². The predicted molar refractivity (Wildman–Crippen MR) is 154 cm³/mol. The number of carbonyl (C=O) groups excluding carboxylic acids is 1. The molecule has 0 aliphatic carbocycles. The van der Waals surface area contributed by atoms with Gasteiger partial charge in [0.05, 0.1) is 16.5 Å². The lowest BCUT2D eigenvalue weighted by Crippen LogP contribution is -2.30. The van der Waals surface area contributed by atoms with E-state index in [0.717, 1.165) is 29.7 Å². The van der Waals surface area contributed by atoms with E-state index in [1.165, 1.54) is 18.2 Å². The van der Waals surface area contributed by atoms with Crippen LogP contribution < -0.4 is 10.2 Å². The molecule has 9 heteroatoms. The summed E-state index contributed by atoms with van der Waals surface area (Å²) in [6, 6.07) is 22.6. The molecule has 1 aliphatic heterocycles. The number of carbonyl (C=O) groups is 2. The second-order valence-corrected chi connectivity index (χ2v) is 10.0. The summed E-state index contributed by atoms with van der Waals surface area (Å²) in [6.45, 7) is 2.83. The van der Waals surface area contributed by atoms with Crippen molar-refractivity contribution in [2.45, 2.75) is 32.4 Å². The number of carboxylic acids is 1. The van der Waals surface area contributed by atoms with Crippen LogP contribution in [0.4, 0.5) is 15.8 Å². The van der Waals surface area contributed by atoms with Crippen LogP contribution in [0, 0.1) is 15.9 Å². The Bertz CT molecular complexity index is 1640. The lowest BCUT2D eigenvalue weighted by molar-refractivity contribution is -0.384. The van der Waals surface area contributed by atoms with Gasteiger partial charge in [-0.25, -0.2) is 9.18 Å². The lowest BCUT2D eigenvalue weighted by atomic mass is 9.95. The number of nitrogens with zero attached hydrogens (tertiary/aromatic N) is 2. The zero-order chi connectivity index (χ0) is 29.1. The predicted octanol–water partition coefficient (Wildman–Crippen LogP) is 6.54. The molecule has 0 spiro atoms. The van der Waals surface area contributed by atoms with Gasteiger partial charge in [0.15, 0.2) is 0 Å². The minimum absolute atomic E-state index is 0.0109. The first kappa shape index (κ1) is 27.5. The topological polar surface area (TPSA) is 113 Å². The smallest absolute Gasteiger partial charge is 0.336 e. The van der Waals surface area contributed by atoms with Crippen molar-refractivity contribution in [1.82, 2.24) is 5.32 Å². The molecule has 4 aromatic carbocycles. The van der Waals surface area contributed by atoms with Crippen LogP contribution in [0.25, 0.3) is 11.1 Å². The number of hydrogen-bond donors (Lipinski definition) is 2. The fourth-order valence-electron chi connectivity index (χ4n) is 5.25. The molecule has 1 atom stereocenters. The summed E-state index contributed by atoms with van der Waals surface area (Å²) in [5.74, 6) is -1.83. The first-order valence-electron chi connectivity index (χ1n) is 13.3. The van der Waals surface area contributed by atoms with Gasteiger partial charge >= 0.3 is 5.97 Å². The van der Waals surface area contributed by atoms with Crippen molar-refractivity contribution in [1.29, 1.82) is 0 Å². The molecule has 0 bridgehead atoms. The van der Waals surface area contributed by atoms with E-state index >= 15 is 4.39 Å². The fourth-order valence-corrected chi connectivity index (χ4v) is 5.25. The summed E-state index contributed by atoms with van der Waals surface area (Å²) in [4.78, 5) is 37.3. The molecule has 0 radical (unpaired) electrons. The molecule has 1 aliphatic rings. The van der Waals surface area contributed by atoms with E-state index in [2.05, 4.69) is 10.2 Å². The van der Waals surface area contributed by atoms with Gasteiger partial charge in [-0.1, -0.05) is 48.5 Å². The first-order chi connectivity index (χ1) is 19.7. The molecular formula is C32H28FN3O5. The number of amides is 1. The number of nitrogens with one attached hydrogen (secondary N) is 1. The second-order valence-electron chi connectivity index (χ2n) is 10.0. The van der Waals surface area contributed by atoms with Crippen LogP contribution in [0.2, 0.25) is 0 Å². The van der Waals surface area contributed by atoms with Gasteiger partial charge in [-0.2, -0.15) is 0 Å². The van der Waals surface area contributed by atoms with Crippen molar-refractivity contribution in [3.05, 3.63) is 129 Å². The maximum Gasteiger partial charge on any atom is 0.336 e. The van der Waals surface area contributed by atoms with Gasteiger partial charge in [0.1, 0.15) is 5.82 Å². The molecule has 208 valence electrons. The highest BCUT2D eigenvalue weighted by atomic mass is 19.1. The van der Waals surface area contributed by atoms with Crippen molar-refractivity contribution in [3.8, 4) is 11.1 Å².